The van der Waals surface area contributed by atoms with Crippen LogP contribution in [0.5, 0.6) is 5.75 Å². The lowest BCUT2D eigenvalue weighted by molar-refractivity contribution is -0.132. The average molecular weight is 354 g/mol. The average Bonchev–Trinajstić information content (AvgIpc) is 3.24. The van der Waals surface area contributed by atoms with Crippen LogP contribution >= 0.6 is 0 Å². The van der Waals surface area contributed by atoms with Crippen molar-refractivity contribution in [2.75, 3.05) is 20.3 Å². The molecule has 4 rings (SSSR count). The number of rotatable bonds is 4. The lowest BCUT2D eigenvalue weighted by atomic mass is 9.90. The summed E-state index contributed by atoms with van der Waals surface area (Å²) in [6, 6.07) is 11.2. The number of amides is 3. The van der Waals surface area contributed by atoms with Crippen molar-refractivity contribution >= 4 is 22.7 Å². The first-order valence-electron chi connectivity index (χ1n) is 8.85. The fraction of sp³-hybridized carbons (Fsp3) is 0.400. The lowest BCUT2D eigenvalue weighted by Crippen LogP contribution is -2.42. The van der Waals surface area contributed by atoms with E-state index in [9.17, 15) is 9.59 Å². The van der Waals surface area contributed by atoms with Crippen molar-refractivity contribution in [2.24, 2.45) is 0 Å². The molecule has 2 aromatic rings. The summed E-state index contributed by atoms with van der Waals surface area (Å²) in [5, 5.41) is 4.87. The zero-order valence-corrected chi connectivity index (χ0v) is 15.0. The first kappa shape index (κ1) is 16.8. The lowest BCUT2D eigenvalue weighted by Gasteiger charge is -2.23. The third kappa shape index (κ3) is 2.70. The van der Waals surface area contributed by atoms with Crippen molar-refractivity contribution in [2.45, 2.75) is 31.4 Å². The highest BCUT2D eigenvalue weighted by atomic mass is 16.5. The Balaban J connectivity index is 1.64. The van der Waals surface area contributed by atoms with Crippen LogP contribution in [0.2, 0.25) is 0 Å². The standard InChI is InChI=1S/C20H22N2O4/c1-20(15-7-5-14-11-16(25-2)8-6-13(14)10-15)18(23)22(19(24)21-20)12-17-4-3-9-26-17/h5-8,10-11,17H,3-4,9,12H2,1-2H3,(H,21,24)/t17-,20-/m0/s1. The van der Waals surface area contributed by atoms with Gasteiger partial charge in [0.1, 0.15) is 11.3 Å². The zero-order valence-electron chi connectivity index (χ0n) is 15.0. The SMILES string of the molecule is COc1ccc2cc([C@]3(C)NC(=O)N(C[C@@H]4CCCO4)C3=O)ccc2c1. The molecule has 1 N–H and O–H groups in total. The van der Waals surface area contributed by atoms with Crippen LogP contribution in [-0.2, 0) is 15.1 Å². The van der Waals surface area contributed by atoms with E-state index >= 15 is 0 Å². The Morgan fingerprint density at radius 2 is 2.00 bits per heavy atom. The molecule has 2 fully saturated rings. The van der Waals surface area contributed by atoms with Crippen molar-refractivity contribution in [1.29, 1.82) is 0 Å². The summed E-state index contributed by atoms with van der Waals surface area (Å²) < 4.78 is 10.8. The second-order valence-electron chi connectivity index (χ2n) is 7.03. The second kappa shape index (κ2) is 6.29. The van der Waals surface area contributed by atoms with Gasteiger partial charge in [0, 0.05) is 6.61 Å². The van der Waals surface area contributed by atoms with Crippen LogP contribution in [0.1, 0.15) is 25.3 Å². The maximum atomic E-state index is 13.0. The number of carbonyl (C=O) groups is 2. The van der Waals surface area contributed by atoms with E-state index in [0.717, 1.165) is 34.9 Å². The van der Waals surface area contributed by atoms with E-state index in [1.54, 1.807) is 14.0 Å². The van der Waals surface area contributed by atoms with Gasteiger partial charge >= 0.3 is 6.03 Å². The molecule has 26 heavy (non-hydrogen) atoms. The minimum absolute atomic E-state index is 0.0591. The van der Waals surface area contributed by atoms with Crippen LogP contribution in [0.15, 0.2) is 36.4 Å². The Kier molecular flexibility index (Phi) is 4.07. The van der Waals surface area contributed by atoms with E-state index in [2.05, 4.69) is 5.32 Å². The molecular weight excluding hydrogens is 332 g/mol. The van der Waals surface area contributed by atoms with E-state index in [1.807, 2.05) is 36.4 Å². The fourth-order valence-electron chi connectivity index (χ4n) is 3.71. The van der Waals surface area contributed by atoms with E-state index < -0.39 is 5.54 Å². The van der Waals surface area contributed by atoms with Gasteiger partial charge in [-0.2, -0.15) is 0 Å². The van der Waals surface area contributed by atoms with Gasteiger partial charge in [0.15, 0.2) is 0 Å². The minimum Gasteiger partial charge on any atom is -0.497 e. The molecular formula is C20H22N2O4. The number of benzene rings is 2. The summed E-state index contributed by atoms with van der Waals surface area (Å²) in [6.07, 6.45) is 1.79. The molecule has 2 atom stereocenters. The number of fused-ring (bicyclic) bond motifs is 1. The van der Waals surface area contributed by atoms with Crippen LogP contribution in [0.4, 0.5) is 4.79 Å². The fourth-order valence-corrected chi connectivity index (χ4v) is 3.71. The van der Waals surface area contributed by atoms with E-state index in [0.29, 0.717) is 13.2 Å². The Morgan fingerprint density at radius 1 is 1.23 bits per heavy atom. The predicted octanol–water partition coefficient (Wildman–Crippen LogP) is 2.79. The number of ether oxygens (including phenoxy) is 2. The number of nitrogens with one attached hydrogen (secondary N) is 1. The Morgan fingerprint density at radius 3 is 2.73 bits per heavy atom. The largest absolute Gasteiger partial charge is 0.497 e. The van der Waals surface area contributed by atoms with Crippen molar-refractivity contribution in [3.05, 3.63) is 42.0 Å². The quantitative estimate of drug-likeness (QED) is 0.858. The summed E-state index contributed by atoms with van der Waals surface area (Å²) in [6.45, 7) is 2.76. The van der Waals surface area contributed by atoms with Gasteiger partial charge in [0.05, 0.1) is 19.8 Å². The van der Waals surface area contributed by atoms with Crippen LogP contribution in [0.3, 0.4) is 0 Å². The third-order valence-corrected chi connectivity index (χ3v) is 5.31. The first-order valence-corrected chi connectivity index (χ1v) is 8.85. The second-order valence-corrected chi connectivity index (χ2v) is 7.03. The number of methoxy groups -OCH3 is 1. The third-order valence-electron chi connectivity index (χ3n) is 5.31. The van der Waals surface area contributed by atoms with Crippen LogP contribution in [0, 0.1) is 0 Å². The maximum absolute atomic E-state index is 13.0. The number of nitrogens with zero attached hydrogens (tertiary/aromatic N) is 1. The smallest absolute Gasteiger partial charge is 0.325 e. The summed E-state index contributed by atoms with van der Waals surface area (Å²) >= 11 is 0. The predicted molar refractivity (Wildman–Crippen MR) is 97.1 cm³/mol. The topological polar surface area (TPSA) is 67.9 Å². The number of urea groups is 1. The van der Waals surface area contributed by atoms with Gasteiger partial charge in [0.25, 0.3) is 5.91 Å². The molecule has 0 unspecified atom stereocenters. The molecule has 2 saturated heterocycles. The highest BCUT2D eigenvalue weighted by Crippen LogP contribution is 2.32. The Bertz CT molecular complexity index is 875. The molecule has 0 aromatic heterocycles. The molecule has 6 nitrogen and oxygen atoms in total. The van der Waals surface area contributed by atoms with Crippen LogP contribution in [0.25, 0.3) is 10.8 Å². The van der Waals surface area contributed by atoms with Gasteiger partial charge in [0.2, 0.25) is 0 Å². The minimum atomic E-state index is -1.07. The molecule has 0 bridgehead atoms. The van der Waals surface area contributed by atoms with Gasteiger partial charge in [-0.25, -0.2) is 4.79 Å². The molecule has 3 amide bonds. The van der Waals surface area contributed by atoms with E-state index in [1.165, 1.54) is 4.90 Å². The van der Waals surface area contributed by atoms with Gasteiger partial charge in [-0.05, 0) is 54.3 Å². The maximum Gasteiger partial charge on any atom is 0.325 e. The normalized spacial score (nSPS) is 25.8. The van der Waals surface area contributed by atoms with E-state index in [-0.39, 0.29) is 18.0 Å². The zero-order chi connectivity index (χ0) is 18.3. The molecule has 136 valence electrons. The van der Waals surface area contributed by atoms with Crippen molar-refractivity contribution in [3.63, 3.8) is 0 Å². The summed E-state index contributed by atoms with van der Waals surface area (Å²) in [7, 11) is 1.63. The van der Waals surface area contributed by atoms with Gasteiger partial charge in [-0.3, -0.25) is 9.69 Å². The number of carbonyl (C=O) groups excluding carboxylic acids is 2. The monoisotopic (exact) mass is 354 g/mol. The van der Waals surface area contributed by atoms with Crippen molar-refractivity contribution < 1.29 is 19.1 Å². The molecule has 0 radical (unpaired) electrons. The Labute approximate surface area is 152 Å². The molecule has 2 aliphatic heterocycles. The van der Waals surface area contributed by atoms with Crippen LogP contribution < -0.4 is 10.1 Å². The number of imide groups is 1. The summed E-state index contributed by atoms with van der Waals surface area (Å²) in [5.41, 5.74) is -0.299. The summed E-state index contributed by atoms with van der Waals surface area (Å²) in [5.74, 6) is 0.551. The van der Waals surface area contributed by atoms with Crippen molar-refractivity contribution in [3.8, 4) is 5.75 Å². The van der Waals surface area contributed by atoms with Gasteiger partial charge in [-0.15, -0.1) is 0 Å². The number of hydrogen-bond donors (Lipinski definition) is 1. The van der Waals surface area contributed by atoms with Gasteiger partial charge in [-0.1, -0.05) is 18.2 Å². The molecule has 0 spiro atoms. The molecule has 6 heteroatoms. The molecule has 0 aliphatic carbocycles. The van der Waals surface area contributed by atoms with Crippen molar-refractivity contribution in [1.82, 2.24) is 10.2 Å². The van der Waals surface area contributed by atoms with Gasteiger partial charge < -0.3 is 14.8 Å². The Hall–Kier alpha value is -2.60. The number of hydrogen-bond acceptors (Lipinski definition) is 4. The molecule has 2 heterocycles. The first-order chi connectivity index (χ1) is 12.5. The van der Waals surface area contributed by atoms with E-state index in [4.69, 9.17) is 9.47 Å². The van der Waals surface area contributed by atoms with Crippen LogP contribution in [-0.4, -0.2) is 43.2 Å². The molecule has 2 aromatic carbocycles. The summed E-state index contributed by atoms with van der Waals surface area (Å²) in [4.78, 5) is 26.7. The molecule has 0 saturated carbocycles. The highest BCUT2D eigenvalue weighted by Gasteiger charge is 2.49. The molecule has 2 aliphatic rings. The highest BCUT2D eigenvalue weighted by molar-refractivity contribution is 6.07.